The fourth-order valence-corrected chi connectivity index (χ4v) is 6.92. The second-order valence-electron chi connectivity index (χ2n) is 10.8. The van der Waals surface area contributed by atoms with E-state index < -0.39 is 34.4 Å². The minimum atomic E-state index is -4.28. The van der Waals surface area contributed by atoms with E-state index in [9.17, 15) is 18.0 Å². The molecule has 2 amide bonds. The summed E-state index contributed by atoms with van der Waals surface area (Å²) in [5.41, 5.74) is 1.43. The van der Waals surface area contributed by atoms with Crippen molar-refractivity contribution in [2.24, 2.45) is 0 Å². The molecule has 1 atom stereocenters. The number of carbonyl (C=O) groups is 2. The van der Waals surface area contributed by atoms with Crippen molar-refractivity contribution in [3.8, 4) is 5.75 Å². The predicted octanol–water partition coefficient (Wildman–Crippen LogP) is 6.75. The SMILES string of the molecule is CCOc1ccccc1N(CC(=O)N(Cc1c(Cl)cccc1Cl)[C@@H](Cc1ccccc1)C(=O)NC(C)C)S(=O)(=O)c1ccccc1. The number of sulfonamides is 1. The summed E-state index contributed by atoms with van der Waals surface area (Å²) in [4.78, 5) is 29.8. The Balaban J connectivity index is 1.87. The van der Waals surface area contributed by atoms with Gasteiger partial charge in [-0.25, -0.2) is 8.42 Å². The first-order valence-corrected chi connectivity index (χ1v) is 17.1. The highest BCUT2D eigenvalue weighted by atomic mass is 35.5. The molecular weight excluding hydrogens is 645 g/mol. The fraction of sp³-hybridized carbons (Fsp3) is 0.257. The van der Waals surface area contributed by atoms with E-state index >= 15 is 0 Å². The summed E-state index contributed by atoms with van der Waals surface area (Å²) in [6.45, 7) is 4.93. The number of amides is 2. The van der Waals surface area contributed by atoms with Crippen molar-refractivity contribution in [1.82, 2.24) is 10.2 Å². The Hall–Kier alpha value is -4.05. The summed E-state index contributed by atoms with van der Waals surface area (Å²) in [7, 11) is -4.28. The standard InChI is InChI=1S/C35H37Cl2N3O5S/c1-4-45-33-21-12-11-20-31(33)40(46(43,44)27-16-9-6-10-17-27)24-34(41)39(23-28-29(36)18-13-19-30(28)37)32(35(42)38-25(2)3)22-26-14-7-5-8-15-26/h5-21,25,32H,4,22-24H2,1-3H3,(H,38,42)/t32-/m0/s1. The smallest absolute Gasteiger partial charge is 0.264 e. The van der Waals surface area contributed by atoms with Crippen LogP contribution in [0.1, 0.15) is 31.9 Å². The van der Waals surface area contributed by atoms with Gasteiger partial charge in [-0.3, -0.25) is 13.9 Å². The molecule has 0 aliphatic rings. The van der Waals surface area contributed by atoms with Crippen LogP contribution >= 0.6 is 23.2 Å². The van der Waals surface area contributed by atoms with Gasteiger partial charge >= 0.3 is 0 Å². The first-order valence-electron chi connectivity index (χ1n) is 14.9. The summed E-state index contributed by atoms with van der Waals surface area (Å²) in [6.07, 6.45) is 0.161. The highest BCUT2D eigenvalue weighted by molar-refractivity contribution is 7.92. The van der Waals surface area contributed by atoms with Gasteiger partial charge in [-0.1, -0.05) is 89.9 Å². The van der Waals surface area contributed by atoms with Gasteiger partial charge < -0.3 is 15.0 Å². The maximum atomic E-state index is 14.6. The molecule has 46 heavy (non-hydrogen) atoms. The van der Waals surface area contributed by atoms with Gasteiger partial charge in [0.1, 0.15) is 18.3 Å². The predicted molar refractivity (Wildman–Crippen MR) is 183 cm³/mol. The van der Waals surface area contributed by atoms with E-state index in [1.807, 2.05) is 44.2 Å². The second kappa shape index (κ2) is 16.0. The molecule has 0 heterocycles. The van der Waals surface area contributed by atoms with Crippen LogP contribution in [0.4, 0.5) is 5.69 Å². The van der Waals surface area contributed by atoms with Crippen LogP contribution in [0.5, 0.6) is 5.75 Å². The highest BCUT2D eigenvalue weighted by Gasteiger charge is 2.36. The highest BCUT2D eigenvalue weighted by Crippen LogP contribution is 2.33. The summed E-state index contributed by atoms with van der Waals surface area (Å²) in [5.74, 6) is -0.749. The van der Waals surface area contributed by atoms with Crippen LogP contribution in [0.25, 0.3) is 0 Å². The van der Waals surface area contributed by atoms with Crippen molar-refractivity contribution >= 4 is 50.7 Å². The molecule has 4 aromatic rings. The number of para-hydroxylation sites is 2. The van der Waals surface area contributed by atoms with Crippen molar-refractivity contribution in [3.05, 3.63) is 124 Å². The molecule has 0 unspecified atom stereocenters. The summed E-state index contributed by atoms with van der Waals surface area (Å²) < 4.78 is 35.3. The van der Waals surface area contributed by atoms with Gasteiger partial charge in [-0.15, -0.1) is 0 Å². The zero-order valence-corrected chi connectivity index (χ0v) is 28.2. The summed E-state index contributed by atoms with van der Waals surface area (Å²) in [6, 6.07) is 27.5. The molecule has 0 radical (unpaired) electrons. The van der Waals surface area contributed by atoms with Crippen molar-refractivity contribution in [3.63, 3.8) is 0 Å². The molecular formula is C35H37Cl2N3O5S. The monoisotopic (exact) mass is 681 g/mol. The average Bonchev–Trinajstić information content (AvgIpc) is 3.03. The number of halogens is 2. The molecule has 0 aliphatic carbocycles. The number of hydrogen-bond donors (Lipinski definition) is 1. The Labute approximate surface area is 280 Å². The number of nitrogens with zero attached hydrogens (tertiary/aromatic N) is 2. The first kappa shape index (κ1) is 34.8. The van der Waals surface area contributed by atoms with Crippen LogP contribution in [0, 0.1) is 0 Å². The van der Waals surface area contributed by atoms with Gasteiger partial charge in [0, 0.05) is 34.6 Å². The maximum Gasteiger partial charge on any atom is 0.264 e. The molecule has 11 heteroatoms. The van der Waals surface area contributed by atoms with E-state index in [4.69, 9.17) is 27.9 Å². The molecule has 0 aromatic heterocycles. The van der Waals surface area contributed by atoms with Crippen LogP contribution in [0.2, 0.25) is 10.0 Å². The Kier molecular flexibility index (Phi) is 12.1. The van der Waals surface area contributed by atoms with Crippen molar-refractivity contribution < 1.29 is 22.7 Å². The lowest BCUT2D eigenvalue weighted by atomic mass is 10.0. The number of anilines is 1. The second-order valence-corrected chi connectivity index (χ2v) is 13.5. The quantitative estimate of drug-likeness (QED) is 0.159. The summed E-state index contributed by atoms with van der Waals surface area (Å²) >= 11 is 13.1. The van der Waals surface area contributed by atoms with Crippen molar-refractivity contribution in [2.45, 2.75) is 50.7 Å². The Morgan fingerprint density at radius 3 is 2.02 bits per heavy atom. The van der Waals surface area contributed by atoms with E-state index in [0.29, 0.717) is 15.6 Å². The molecule has 0 aliphatic heterocycles. The van der Waals surface area contributed by atoms with Crippen LogP contribution in [0.3, 0.4) is 0 Å². The van der Waals surface area contributed by atoms with Gasteiger partial charge in [0.2, 0.25) is 11.8 Å². The Morgan fingerprint density at radius 2 is 1.41 bits per heavy atom. The topological polar surface area (TPSA) is 96.0 Å². The molecule has 242 valence electrons. The van der Waals surface area contributed by atoms with Crippen LogP contribution < -0.4 is 14.4 Å². The Bertz CT molecular complexity index is 1720. The van der Waals surface area contributed by atoms with Crippen LogP contribution in [0.15, 0.2) is 108 Å². The molecule has 0 spiro atoms. The van der Waals surface area contributed by atoms with Gasteiger partial charge in [-0.2, -0.15) is 0 Å². The van der Waals surface area contributed by atoms with E-state index in [0.717, 1.165) is 9.87 Å². The number of ether oxygens (including phenoxy) is 1. The molecule has 1 N–H and O–H groups in total. The van der Waals surface area contributed by atoms with Crippen LogP contribution in [-0.2, 0) is 32.6 Å². The third kappa shape index (κ3) is 8.60. The summed E-state index contributed by atoms with van der Waals surface area (Å²) in [5, 5.41) is 3.55. The number of benzene rings is 4. The minimum Gasteiger partial charge on any atom is -0.492 e. The lowest BCUT2D eigenvalue weighted by Gasteiger charge is -2.34. The molecule has 4 rings (SSSR count). The maximum absolute atomic E-state index is 14.6. The zero-order valence-electron chi connectivity index (χ0n) is 25.9. The third-order valence-corrected chi connectivity index (χ3v) is 9.62. The molecule has 0 saturated heterocycles. The lowest BCUT2D eigenvalue weighted by molar-refractivity contribution is -0.140. The van der Waals surface area contributed by atoms with Crippen molar-refractivity contribution in [2.75, 3.05) is 17.5 Å². The fourth-order valence-electron chi connectivity index (χ4n) is 4.96. The van der Waals surface area contributed by atoms with Crippen molar-refractivity contribution in [1.29, 1.82) is 0 Å². The van der Waals surface area contributed by atoms with Gasteiger partial charge in [-0.05, 0) is 62.7 Å². The molecule has 0 fully saturated rings. The largest absolute Gasteiger partial charge is 0.492 e. The van der Waals surface area contributed by atoms with Gasteiger partial charge in [0.25, 0.3) is 10.0 Å². The third-order valence-electron chi connectivity index (χ3n) is 7.14. The molecule has 0 saturated carbocycles. The minimum absolute atomic E-state index is 0.00631. The van der Waals surface area contributed by atoms with Gasteiger partial charge in [0.15, 0.2) is 0 Å². The van der Waals surface area contributed by atoms with E-state index in [1.54, 1.807) is 67.6 Å². The zero-order chi connectivity index (χ0) is 33.3. The normalized spacial score (nSPS) is 12.0. The van der Waals surface area contributed by atoms with E-state index in [1.165, 1.54) is 17.0 Å². The Morgan fingerprint density at radius 1 is 0.826 bits per heavy atom. The lowest BCUT2D eigenvalue weighted by Crippen LogP contribution is -2.54. The van der Waals surface area contributed by atoms with Crippen LogP contribution in [-0.4, -0.2) is 50.4 Å². The van der Waals surface area contributed by atoms with E-state index in [-0.39, 0.29) is 41.9 Å². The molecule has 4 aromatic carbocycles. The first-order chi connectivity index (χ1) is 22.0. The average molecular weight is 683 g/mol. The van der Waals surface area contributed by atoms with Gasteiger partial charge in [0.05, 0.1) is 17.2 Å². The molecule has 8 nitrogen and oxygen atoms in total. The number of nitrogens with one attached hydrogen (secondary N) is 1. The van der Waals surface area contributed by atoms with E-state index in [2.05, 4.69) is 5.32 Å². The molecule has 0 bridgehead atoms. The number of rotatable bonds is 14. The number of carbonyl (C=O) groups excluding carboxylic acids is 2. The number of hydrogen-bond acceptors (Lipinski definition) is 5.